The van der Waals surface area contributed by atoms with E-state index in [0.717, 1.165) is 30.2 Å². The van der Waals surface area contributed by atoms with Crippen molar-refractivity contribution >= 4 is 5.91 Å². The van der Waals surface area contributed by atoms with Gasteiger partial charge < -0.3 is 19.1 Å². The number of hydrogen-bond donors (Lipinski definition) is 0. The highest BCUT2D eigenvalue weighted by Crippen LogP contribution is 2.33. The number of likely N-dealkylation sites (N-methyl/N-ethyl adjacent to an activating group) is 1. The van der Waals surface area contributed by atoms with Crippen LogP contribution in [0.4, 0.5) is 0 Å². The van der Waals surface area contributed by atoms with Gasteiger partial charge in [-0.1, -0.05) is 6.07 Å². The first kappa shape index (κ1) is 19.6. The molecule has 156 valence electrons. The van der Waals surface area contributed by atoms with Gasteiger partial charge in [0.25, 0.3) is 0 Å². The van der Waals surface area contributed by atoms with E-state index >= 15 is 0 Å². The Labute approximate surface area is 169 Å². The van der Waals surface area contributed by atoms with E-state index in [0.29, 0.717) is 38.8 Å². The van der Waals surface area contributed by atoms with Gasteiger partial charge in [-0.15, -0.1) is 5.10 Å². The lowest BCUT2D eigenvalue weighted by molar-refractivity contribution is -0.132. The Morgan fingerprint density at radius 3 is 2.72 bits per heavy atom. The van der Waals surface area contributed by atoms with Gasteiger partial charge in [-0.25, -0.2) is 4.68 Å². The number of nitrogens with zero attached hydrogens (tertiary/aromatic N) is 6. The molecule has 0 spiro atoms. The van der Waals surface area contributed by atoms with Crippen molar-refractivity contribution in [2.45, 2.75) is 26.1 Å². The van der Waals surface area contributed by atoms with Crippen LogP contribution in [0.25, 0.3) is 0 Å². The van der Waals surface area contributed by atoms with Gasteiger partial charge in [0.05, 0.1) is 25.8 Å². The molecule has 3 heterocycles. The van der Waals surface area contributed by atoms with E-state index in [9.17, 15) is 4.79 Å². The maximum absolute atomic E-state index is 12.9. The highest BCUT2D eigenvalue weighted by molar-refractivity contribution is 5.76. The summed E-state index contributed by atoms with van der Waals surface area (Å²) in [5.41, 5.74) is 0.982. The number of amides is 1. The van der Waals surface area contributed by atoms with E-state index < -0.39 is 0 Å². The fourth-order valence-electron chi connectivity index (χ4n) is 3.42. The average Bonchev–Trinajstić information content (AvgIpc) is 3.19. The summed E-state index contributed by atoms with van der Waals surface area (Å²) in [6, 6.07) is 5.66. The molecule has 1 aromatic heterocycles. The van der Waals surface area contributed by atoms with Crippen LogP contribution in [0, 0.1) is 0 Å². The molecule has 2 aromatic rings. The van der Waals surface area contributed by atoms with Gasteiger partial charge in [0.2, 0.25) is 5.91 Å². The van der Waals surface area contributed by atoms with Crippen molar-refractivity contribution in [2.75, 3.05) is 46.6 Å². The van der Waals surface area contributed by atoms with Crippen LogP contribution < -0.4 is 9.47 Å². The number of rotatable bonds is 6. The Balaban J connectivity index is 1.40. The Morgan fingerprint density at radius 1 is 1.17 bits per heavy atom. The smallest absolute Gasteiger partial charge is 0.244 e. The van der Waals surface area contributed by atoms with Crippen molar-refractivity contribution in [1.82, 2.24) is 30.0 Å². The molecule has 1 saturated heterocycles. The molecule has 10 nitrogen and oxygen atoms in total. The van der Waals surface area contributed by atoms with Crippen LogP contribution in [0.15, 0.2) is 18.2 Å². The molecule has 0 saturated carbocycles. The van der Waals surface area contributed by atoms with E-state index in [1.54, 1.807) is 16.6 Å². The third-order valence-electron chi connectivity index (χ3n) is 5.38. The normalized spacial score (nSPS) is 17.7. The molecular weight excluding hydrogens is 376 g/mol. The number of aromatic nitrogens is 4. The standard InChI is InChI=1S/C19H26N6O4/c1-14(15-3-4-16-17(11-15)29-10-9-28-16)23(2)19(26)13-25-18(20-21-22-25)12-24-5-7-27-8-6-24/h3-4,11,14H,5-10,12-13H2,1-2H3. The van der Waals surface area contributed by atoms with Crippen LogP contribution in [-0.4, -0.2) is 82.5 Å². The molecule has 4 rings (SSSR count). The molecule has 29 heavy (non-hydrogen) atoms. The number of ether oxygens (including phenoxy) is 3. The zero-order valence-electron chi connectivity index (χ0n) is 16.8. The fourth-order valence-corrected chi connectivity index (χ4v) is 3.42. The maximum Gasteiger partial charge on any atom is 0.244 e. The summed E-state index contributed by atoms with van der Waals surface area (Å²) in [7, 11) is 1.79. The first-order valence-corrected chi connectivity index (χ1v) is 9.82. The van der Waals surface area contributed by atoms with Gasteiger partial charge >= 0.3 is 0 Å². The van der Waals surface area contributed by atoms with Crippen LogP contribution in [0.2, 0.25) is 0 Å². The summed E-state index contributed by atoms with van der Waals surface area (Å²) < 4.78 is 18.2. The molecule has 1 aromatic carbocycles. The molecule has 1 unspecified atom stereocenters. The molecule has 2 aliphatic rings. The number of hydrogen-bond acceptors (Lipinski definition) is 8. The minimum Gasteiger partial charge on any atom is -0.486 e. The first-order chi connectivity index (χ1) is 14.1. The third kappa shape index (κ3) is 4.48. The van der Waals surface area contributed by atoms with Gasteiger partial charge in [-0.3, -0.25) is 9.69 Å². The Bertz CT molecular complexity index is 851. The van der Waals surface area contributed by atoms with Crippen molar-refractivity contribution in [3.05, 3.63) is 29.6 Å². The number of carbonyl (C=O) groups excluding carboxylic acids is 1. The summed E-state index contributed by atoms with van der Waals surface area (Å²) in [5, 5.41) is 11.9. The first-order valence-electron chi connectivity index (χ1n) is 9.82. The molecule has 10 heteroatoms. The van der Waals surface area contributed by atoms with Gasteiger partial charge in [-0.05, 0) is 35.0 Å². The van der Waals surface area contributed by atoms with Crippen molar-refractivity contribution < 1.29 is 19.0 Å². The lowest BCUT2D eigenvalue weighted by atomic mass is 10.1. The zero-order chi connectivity index (χ0) is 20.2. The monoisotopic (exact) mass is 402 g/mol. The van der Waals surface area contributed by atoms with E-state index in [-0.39, 0.29) is 18.5 Å². The average molecular weight is 402 g/mol. The number of fused-ring (bicyclic) bond motifs is 1. The van der Waals surface area contributed by atoms with Crippen LogP contribution in [0.3, 0.4) is 0 Å². The summed E-state index contributed by atoms with van der Waals surface area (Å²) >= 11 is 0. The molecule has 0 N–H and O–H groups in total. The lowest BCUT2D eigenvalue weighted by Crippen LogP contribution is -2.37. The van der Waals surface area contributed by atoms with Gasteiger partial charge in [0.15, 0.2) is 17.3 Å². The summed E-state index contributed by atoms with van der Waals surface area (Å²) in [6.07, 6.45) is 0. The summed E-state index contributed by atoms with van der Waals surface area (Å²) in [6.45, 7) is 6.85. The maximum atomic E-state index is 12.9. The van der Waals surface area contributed by atoms with Crippen LogP contribution >= 0.6 is 0 Å². The van der Waals surface area contributed by atoms with E-state index in [4.69, 9.17) is 14.2 Å². The predicted octanol–water partition coefficient (Wildman–Crippen LogP) is 0.496. The Hall–Kier alpha value is -2.72. The van der Waals surface area contributed by atoms with Gasteiger partial charge in [0, 0.05) is 20.1 Å². The van der Waals surface area contributed by atoms with Crippen LogP contribution in [0.5, 0.6) is 11.5 Å². The van der Waals surface area contributed by atoms with E-state index in [1.165, 1.54) is 0 Å². The second-order valence-electron chi connectivity index (χ2n) is 7.22. The molecule has 1 atom stereocenters. The number of benzene rings is 1. The number of carbonyl (C=O) groups is 1. The lowest BCUT2D eigenvalue weighted by Gasteiger charge is -2.27. The molecule has 1 fully saturated rings. The highest BCUT2D eigenvalue weighted by Gasteiger charge is 2.22. The predicted molar refractivity (Wildman–Crippen MR) is 103 cm³/mol. The molecule has 1 amide bonds. The van der Waals surface area contributed by atoms with Crippen molar-refractivity contribution in [1.29, 1.82) is 0 Å². The molecular formula is C19H26N6O4. The van der Waals surface area contributed by atoms with Crippen molar-refractivity contribution in [3.63, 3.8) is 0 Å². The van der Waals surface area contributed by atoms with Crippen molar-refractivity contribution in [3.8, 4) is 11.5 Å². The van der Waals surface area contributed by atoms with Gasteiger partial charge in [-0.2, -0.15) is 0 Å². The Morgan fingerprint density at radius 2 is 1.93 bits per heavy atom. The number of morpholine rings is 1. The zero-order valence-corrected chi connectivity index (χ0v) is 16.8. The minimum atomic E-state index is -0.127. The quantitative estimate of drug-likeness (QED) is 0.689. The highest BCUT2D eigenvalue weighted by atomic mass is 16.6. The summed E-state index contributed by atoms with van der Waals surface area (Å²) in [4.78, 5) is 16.8. The topological polar surface area (TPSA) is 94.8 Å². The minimum absolute atomic E-state index is 0.0667. The van der Waals surface area contributed by atoms with Crippen LogP contribution in [-0.2, 0) is 22.6 Å². The second kappa shape index (κ2) is 8.75. The number of tetrazole rings is 1. The molecule has 0 radical (unpaired) electrons. The molecule has 2 aliphatic heterocycles. The van der Waals surface area contributed by atoms with Crippen LogP contribution in [0.1, 0.15) is 24.4 Å². The Kier molecular flexibility index (Phi) is 5.91. The van der Waals surface area contributed by atoms with E-state index in [1.807, 2.05) is 25.1 Å². The summed E-state index contributed by atoms with van der Waals surface area (Å²) in [5.74, 6) is 2.07. The molecule has 0 aliphatic carbocycles. The largest absolute Gasteiger partial charge is 0.486 e. The molecule has 0 bridgehead atoms. The van der Waals surface area contributed by atoms with Gasteiger partial charge in [0.1, 0.15) is 19.8 Å². The van der Waals surface area contributed by atoms with Crippen molar-refractivity contribution in [2.24, 2.45) is 0 Å². The SMILES string of the molecule is CC(c1ccc2c(c1)OCCO2)N(C)C(=O)Cn1nnnc1CN1CCOCC1. The second-order valence-corrected chi connectivity index (χ2v) is 7.22. The third-order valence-corrected chi connectivity index (χ3v) is 5.38. The fraction of sp³-hybridized carbons (Fsp3) is 0.579. The van der Waals surface area contributed by atoms with E-state index in [2.05, 4.69) is 20.4 Å².